The molecule has 0 saturated heterocycles. The van der Waals surface area contributed by atoms with Crippen molar-refractivity contribution in [1.82, 2.24) is 0 Å². The van der Waals surface area contributed by atoms with Gasteiger partial charge < -0.3 is 0 Å². The second kappa shape index (κ2) is 5.21. The first kappa shape index (κ1) is 12.5. The lowest BCUT2D eigenvalue weighted by Crippen LogP contribution is -2.33. The van der Waals surface area contributed by atoms with Crippen LogP contribution in [0.1, 0.15) is 43.7 Å². The molecule has 98 valence electrons. The Morgan fingerprint density at radius 3 is 1.84 bits per heavy atom. The average molecular weight is 250 g/mol. The fraction of sp³-hybridized carbons (Fsp3) is 0.368. The zero-order valence-electron chi connectivity index (χ0n) is 11.7. The lowest BCUT2D eigenvalue weighted by atomic mass is 9.63. The number of benzene rings is 2. The Bertz CT molecular complexity index is 473. The van der Waals surface area contributed by atoms with Crippen LogP contribution in [-0.2, 0) is 5.41 Å². The quantitative estimate of drug-likeness (QED) is 0.688. The minimum atomic E-state index is 0.236. The van der Waals surface area contributed by atoms with Crippen LogP contribution < -0.4 is 0 Å². The van der Waals surface area contributed by atoms with Gasteiger partial charge in [0.2, 0.25) is 0 Å². The van der Waals surface area contributed by atoms with Crippen LogP contribution in [0.4, 0.5) is 0 Å². The van der Waals surface area contributed by atoms with Crippen molar-refractivity contribution in [2.45, 2.75) is 38.0 Å². The van der Waals surface area contributed by atoms with Crippen LogP contribution in [0.3, 0.4) is 0 Å². The third-order valence-corrected chi connectivity index (χ3v) is 4.65. The molecule has 0 amide bonds. The standard InChI is InChI=1S/C19H22/c1-16-9-8-14-19(15-16,17-10-4-2-5-11-17)18-12-6-3-7-13-18/h2-7,10-13,16H,8-9,14-15H2,1H3. The molecule has 2 aromatic carbocycles. The van der Waals surface area contributed by atoms with Gasteiger partial charge in [-0.25, -0.2) is 0 Å². The zero-order chi connectivity index (χ0) is 13.1. The Morgan fingerprint density at radius 1 is 0.842 bits per heavy atom. The molecule has 0 heteroatoms. The van der Waals surface area contributed by atoms with E-state index in [4.69, 9.17) is 0 Å². The zero-order valence-corrected chi connectivity index (χ0v) is 11.7. The van der Waals surface area contributed by atoms with Gasteiger partial charge in [-0.15, -0.1) is 0 Å². The van der Waals surface area contributed by atoms with E-state index in [1.54, 1.807) is 0 Å². The lowest BCUT2D eigenvalue weighted by molar-refractivity contribution is 0.272. The van der Waals surface area contributed by atoms with Crippen molar-refractivity contribution in [1.29, 1.82) is 0 Å². The summed E-state index contributed by atoms with van der Waals surface area (Å²) in [5.74, 6) is 0.814. The van der Waals surface area contributed by atoms with Gasteiger partial charge >= 0.3 is 0 Å². The molecule has 0 nitrogen and oxygen atoms in total. The molecule has 0 aliphatic heterocycles. The number of hydrogen-bond donors (Lipinski definition) is 0. The van der Waals surface area contributed by atoms with E-state index < -0.39 is 0 Å². The third kappa shape index (κ3) is 2.32. The van der Waals surface area contributed by atoms with E-state index in [1.165, 1.54) is 36.8 Å². The van der Waals surface area contributed by atoms with Crippen LogP contribution in [0.25, 0.3) is 0 Å². The molecule has 1 saturated carbocycles. The molecule has 1 atom stereocenters. The smallest absolute Gasteiger partial charge is 0.0205 e. The highest BCUT2D eigenvalue weighted by atomic mass is 14.4. The van der Waals surface area contributed by atoms with Crippen molar-refractivity contribution in [3.63, 3.8) is 0 Å². The summed E-state index contributed by atoms with van der Waals surface area (Å²) in [6, 6.07) is 22.2. The van der Waals surface area contributed by atoms with E-state index in [-0.39, 0.29) is 5.41 Å². The lowest BCUT2D eigenvalue weighted by Gasteiger charge is -2.41. The molecule has 2 aromatic rings. The van der Waals surface area contributed by atoms with Crippen LogP contribution in [-0.4, -0.2) is 0 Å². The highest BCUT2D eigenvalue weighted by Gasteiger charge is 2.37. The van der Waals surface area contributed by atoms with Crippen molar-refractivity contribution < 1.29 is 0 Å². The summed E-state index contributed by atoms with van der Waals surface area (Å²) in [4.78, 5) is 0. The Balaban J connectivity index is 2.11. The average Bonchev–Trinajstić information content (AvgIpc) is 2.49. The van der Waals surface area contributed by atoms with Gasteiger partial charge in [0.15, 0.2) is 0 Å². The molecule has 0 heterocycles. The van der Waals surface area contributed by atoms with E-state index in [0.29, 0.717) is 0 Å². The summed E-state index contributed by atoms with van der Waals surface area (Å²) >= 11 is 0. The van der Waals surface area contributed by atoms with E-state index >= 15 is 0 Å². The molecular formula is C19H22. The highest BCUT2D eigenvalue weighted by molar-refractivity contribution is 5.39. The van der Waals surface area contributed by atoms with Crippen molar-refractivity contribution in [2.24, 2.45) is 5.92 Å². The maximum Gasteiger partial charge on any atom is 0.0205 e. The minimum absolute atomic E-state index is 0.236. The topological polar surface area (TPSA) is 0 Å². The largest absolute Gasteiger partial charge is 0.0625 e. The monoisotopic (exact) mass is 250 g/mol. The first-order chi connectivity index (χ1) is 9.31. The van der Waals surface area contributed by atoms with Crippen molar-refractivity contribution in [3.8, 4) is 0 Å². The van der Waals surface area contributed by atoms with Gasteiger partial charge in [-0.1, -0.05) is 80.4 Å². The van der Waals surface area contributed by atoms with Crippen molar-refractivity contribution in [3.05, 3.63) is 71.8 Å². The molecule has 0 bridgehead atoms. The van der Waals surface area contributed by atoms with E-state index in [2.05, 4.69) is 67.6 Å². The van der Waals surface area contributed by atoms with Crippen LogP contribution in [0.5, 0.6) is 0 Å². The molecule has 1 aliphatic rings. The van der Waals surface area contributed by atoms with Crippen LogP contribution in [0, 0.1) is 5.92 Å². The summed E-state index contributed by atoms with van der Waals surface area (Å²) in [5, 5.41) is 0. The van der Waals surface area contributed by atoms with Gasteiger partial charge in [0.25, 0.3) is 0 Å². The van der Waals surface area contributed by atoms with E-state index in [1.807, 2.05) is 0 Å². The van der Waals surface area contributed by atoms with Gasteiger partial charge in [0.05, 0.1) is 0 Å². The fourth-order valence-electron chi connectivity index (χ4n) is 3.76. The SMILES string of the molecule is CC1CCCC(c2ccccc2)(c2ccccc2)C1. The molecule has 19 heavy (non-hydrogen) atoms. The normalized spacial score (nSPS) is 22.1. The van der Waals surface area contributed by atoms with Gasteiger partial charge in [-0.3, -0.25) is 0 Å². The van der Waals surface area contributed by atoms with Crippen molar-refractivity contribution >= 4 is 0 Å². The van der Waals surface area contributed by atoms with Crippen LogP contribution >= 0.6 is 0 Å². The predicted molar refractivity (Wildman–Crippen MR) is 81.3 cm³/mol. The second-order valence-corrected chi connectivity index (χ2v) is 6.02. The molecule has 1 aliphatic carbocycles. The van der Waals surface area contributed by atoms with E-state index in [9.17, 15) is 0 Å². The summed E-state index contributed by atoms with van der Waals surface area (Å²) in [6.45, 7) is 2.40. The molecule has 3 rings (SSSR count). The maximum atomic E-state index is 2.40. The summed E-state index contributed by atoms with van der Waals surface area (Å²) in [7, 11) is 0. The van der Waals surface area contributed by atoms with Gasteiger partial charge in [-0.05, 0) is 29.9 Å². The molecule has 1 unspecified atom stereocenters. The first-order valence-corrected chi connectivity index (χ1v) is 7.42. The fourth-order valence-corrected chi connectivity index (χ4v) is 3.76. The van der Waals surface area contributed by atoms with Crippen molar-refractivity contribution in [2.75, 3.05) is 0 Å². The predicted octanol–water partition coefficient (Wildman–Crippen LogP) is 5.18. The Hall–Kier alpha value is -1.56. The highest BCUT2D eigenvalue weighted by Crippen LogP contribution is 2.46. The molecule has 0 aromatic heterocycles. The summed E-state index contributed by atoms with van der Waals surface area (Å²) in [5.41, 5.74) is 3.22. The third-order valence-electron chi connectivity index (χ3n) is 4.65. The minimum Gasteiger partial charge on any atom is -0.0625 e. The number of rotatable bonds is 2. The molecule has 0 spiro atoms. The molecule has 0 radical (unpaired) electrons. The molecular weight excluding hydrogens is 228 g/mol. The Labute approximate surface area is 116 Å². The second-order valence-electron chi connectivity index (χ2n) is 6.02. The number of hydrogen-bond acceptors (Lipinski definition) is 0. The van der Waals surface area contributed by atoms with Crippen LogP contribution in [0.2, 0.25) is 0 Å². The van der Waals surface area contributed by atoms with Gasteiger partial charge in [0.1, 0.15) is 0 Å². The Kier molecular flexibility index (Phi) is 3.42. The van der Waals surface area contributed by atoms with Gasteiger partial charge in [-0.2, -0.15) is 0 Å². The molecule has 0 N–H and O–H groups in total. The summed E-state index contributed by atoms with van der Waals surface area (Å²) in [6.07, 6.45) is 5.28. The Morgan fingerprint density at radius 2 is 1.37 bits per heavy atom. The maximum absolute atomic E-state index is 2.40. The van der Waals surface area contributed by atoms with E-state index in [0.717, 1.165) is 5.92 Å². The first-order valence-electron chi connectivity index (χ1n) is 7.42. The molecule has 1 fully saturated rings. The van der Waals surface area contributed by atoms with Crippen LogP contribution in [0.15, 0.2) is 60.7 Å². The summed E-state index contributed by atoms with van der Waals surface area (Å²) < 4.78 is 0. The van der Waals surface area contributed by atoms with Gasteiger partial charge in [0, 0.05) is 5.41 Å².